The summed E-state index contributed by atoms with van der Waals surface area (Å²) in [6.45, 7) is 5.41. The maximum atomic E-state index is 12.7. The van der Waals surface area contributed by atoms with Crippen LogP contribution in [0.2, 0.25) is 5.02 Å². The Morgan fingerprint density at radius 2 is 1.87 bits per heavy atom. The fraction of sp³-hybridized carbons (Fsp3) is 0.292. The van der Waals surface area contributed by atoms with Crippen molar-refractivity contribution in [3.8, 4) is 11.3 Å². The lowest BCUT2D eigenvalue weighted by molar-refractivity contribution is -0.129. The number of rotatable bonds is 6. The fourth-order valence-corrected chi connectivity index (χ4v) is 4.74. The van der Waals surface area contributed by atoms with Crippen molar-refractivity contribution in [3.63, 3.8) is 0 Å². The van der Waals surface area contributed by atoms with Gasteiger partial charge in [-0.25, -0.2) is 4.98 Å². The molecule has 7 heteroatoms. The van der Waals surface area contributed by atoms with Crippen LogP contribution in [0.4, 0.5) is 0 Å². The van der Waals surface area contributed by atoms with Crippen LogP contribution in [-0.2, 0) is 22.7 Å². The van der Waals surface area contributed by atoms with Crippen LogP contribution in [-0.4, -0.2) is 28.2 Å². The molecule has 3 aromatic rings. The Hall–Kier alpha value is -2.70. The van der Waals surface area contributed by atoms with Crippen LogP contribution in [0.25, 0.3) is 11.3 Å². The number of thiazole rings is 1. The first kappa shape index (κ1) is 21.5. The summed E-state index contributed by atoms with van der Waals surface area (Å²) in [5.74, 6) is -0.397. The summed E-state index contributed by atoms with van der Waals surface area (Å²) in [5.41, 5.74) is 4.17. The van der Waals surface area contributed by atoms with E-state index in [-0.39, 0.29) is 24.2 Å². The van der Waals surface area contributed by atoms with E-state index in [9.17, 15) is 9.59 Å². The lowest BCUT2D eigenvalue weighted by Gasteiger charge is -2.16. The molecule has 2 amide bonds. The smallest absolute Gasteiger partial charge is 0.225 e. The van der Waals surface area contributed by atoms with Crippen molar-refractivity contribution in [1.29, 1.82) is 0 Å². The third-order valence-electron chi connectivity index (χ3n) is 5.45. The number of carbonyl (C=O) groups is 2. The number of aryl methyl sites for hydroxylation is 2. The number of hydrogen-bond acceptors (Lipinski definition) is 4. The van der Waals surface area contributed by atoms with Gasteiger partial charge in [-0.2, -0.15) is 0 Å². The van der Waals surface area contributed by atoms with Gasteiger partial charge in [-0.05, 0) is 31.5 Å². The van der Waals surface area contributed by atoms with Gasteiger partial charge in [-0.15, -0.1) is 11.3 Å². The molecule has 160 valence electrons. The van der Waals surface area contributed by atoms with Gasteiger partial charge in [0.15, 0.2) is 0 Å². The monoisotopic (exact) mass is 453 g/mol. The van der Waals surface area contributed by atoms with Crippen LogP contribution < -0.4 is 5.32 Å². The van der Waals surface area contributed by atoms with Gasteiger partial charge < -0.3 is 10.2 Å². The molecule has 4 rings (SSSR count). The summed E-state index contributed by atoms with van der Waals surface area (Å²) in [6.07, 6.45) is 0.255. The third kappa shape index (κ3) is 5.14. The van der Waals surface area contributed by atoms with Crippen molar-refractivity contribution in [3.05, 3.63) is 74.6 Å². The number of nitrogens with zero attached hydrogens (tertiary/aromatic N) is 2. The second-order valence-electron chi connectivity index (χ2n) is 7.90. The van der Waals surface area contributed by atoms with Crippen LogP contribution in [0, 0.1) is 19.8 Å². The minimum atomic E-state index is -0.324. The lowest BCUT2D eigenvalue weighted by Crippen LogP contribution is -2.32. The molecule has 2 heterocycles. The molecule has 1 fully saturated rings. The number of carbonyl (C=O) groups excluding carboxylic acids is 2. The molecule has 0 spiro atoms. The zero-order valence-corrected chi connectivity index (χ0v) is 19.1. The highest BCUT2D eigenvalue weighted by Crippen LogP contribution is 2.28. The third-order valence-corrected chi connectivity index (χ3v) is 6.67. The Kier molecular flexibility index (Phi) is 6.39. The highest BCUT2D eigenvalue weighted by molar-refractivity contribution is 7.12. The van der Waals surface area contributed by atoms with E-state index >= 15 is 0 Å². The Morgan fingerprint density at radius 1 is 1.16 bits per heavy atom. The summed E-state index contributed by atoms with van der Waals surface area (Å²) in [7, 11) is 0. The van der Waals surface area contributed by atoms with Gasteiger partial charge in [0.1, 0.15) is 5.01 Å². The second kappa shape index (κ2) is 9.20. The standard InChI is InChI=1S/C24H24ClN3O2S/c1-15-3-5-17(6-4-15)13-28-14-19(11-22(28)29)24(30)26-12-21-27-23(16(2)31-21)18-7-9-20(25)10-8-18/h3-10,19H,11-14H2,1-2H3,(H,26,30). The summed E-state index contributed by atoms with van der Waals surface area (Å²) in [6, 6.07) is 15.7. The molecule has 0 aliphatic carbocycles. The largest absolute Gasteiger partial charge is 0.349 e. The molecule has 1 unspecified atom stereocenters. The summed E-state index contributed by atoms with van der Waals surface area (Å²) >= 11 is 7.54. The summed E-state index contributed by atoms with van der Waals surface area (Å²) in [5, 5.41) is 4.49. The highest BCUT2D eigenvalue weighted by Gasteiger charge is 2.34. The minimum Gasteiger partial charge on any atom is -0.349 e. The van der Waals surface area contributed by atoms with Crippen molar-refractivity contribution in [2.75, 3.05) is 6.54 Å². The predicted octanol–water partition coefficient (Wildman–Crippen LogP) is 4.75. The van der Waals surface area contributed by atoms with Crippen LogP contribution >= 0.6 is 22.9 Å². The van der Waals surface area contributed by atoms with E-state index in [1.165, 1.54) is 5.56 Å². The number of likely N-dealkylation sites (tertiary alicyclic amines) is 1. The number of nitrogens with one attached hydrogen (secondary N) is 1. The normalized spacial score (nSPS) is 16.0. The van der Waals surface area contributed by atoms with E-state index < -0.39 is 0 Å². The Morgan fingerprint density at radius 3 is 2.58 bits per heavy atom. The fourth-order valence-electron chi connectivity index (χ4n) is 3.72. The highest BCUT2D eigenvalue weighted by atomic mass is 35.5. The van der Waals surface area contributed by atoms with E-state index in [1.807, 2.05) is 62.4 Å². The number of amides is 2. The van der Waals surface area contributed by atoms with Gasteiger partial charge in [-0.3, -0.25) is 9.59 Å². The van der Waals surface area contributed by atoms with Crippen LogP contribution in [0.5, 0.6) is 0 Å². The van der Waals surface area contributed by atoms with E-state index in [4.69, 9.17) is 11.6 Å². The lowest BCUT2D eigenvalue weighted by atomic mass is 10.1. The summed E-state index contributed by atoms with van der Waals surface area (Å²) < 4.78 is 0. The maximum Gasteiger partial charge on any atom is 0.225 e. The van der Waals surface area contributed by atoms with E-state index in [0.717, 1.165) is 26.7 Å². The number of benzene rings is 2. The van der Waals surface area contributed by atoms with Gasteiger partial charge in [0.25, 0.3) is 0 Å². The quantitative estimate of drug-likeness (QED) is 0.586. The van der Waals surface area contributed by atoms with Gasteiger partial charge in [0.2, 0.25) is 11.8 Å². The molecule has 31 heavy (non-hydrogen) atoms. The Labute approximate surface area is 191 Å². The van der Waals surface area contributed by atoms with Gasteiger partial charge in [0, 0.05) is 35.0 Å². The van der Waals surface area contributed by atoms with Crippen LogP contribution in [0.1, 0.15) is 27.4 Å². The first-order valence-corrected chi connectivity index (χ1v) is 11.4. The molecule has 1 N–H and O–H groups in total. The molecule has 1 aliphatic heterocycles. The average molecular weight is 454 g/mol. The first-order valence-electron chi connectivity index (χ1n) is 10.2. The van der Waals surface area contributed by atoms with Crippen molar-refractivity contribution in [2.45, 2.75) is 33.4 Å². The first-order chi connectivity index (χ1) is 14.9. The number of hydrogen-bond donors (Lipinski definition) is 1. The molecule has 1 atom stereocenters. The van der Waals surface area contributed by atoms with Gasteiger partial charge >= 0.3 is 0 Å². The van der Waals surface area contributed by atoms with Gasteiger partial charge in [0.05, 0.1) is 18.2 Å². The number of aromatic nitrogens is 1. The average Bonchev–Trinajstić information content (AvgIpc) is 3.31. The van der Waals surface area contributed by atoms with E-state index in [0.29, 0.717) is 24.7 Å². The molecular weight excluding hydrogens is 430 g/mol. The van der Waals surface area contributed by atoms with Crippen molar-refractivity contribution in [1.82, 2.24) is 15.2 Å². The molecule has 1 aliphatic rings. The predicted molar refractivity (Wildman–Crippen MR) is 124 cm³/mol. The Bertz CT molecular complexity index is 1090. The van der Waals surface area contributed by atoms with E-state index in [2.05, 4.69) is 10.3 Å². The molecule has 0 saturated carbocycles. The molecule has 1 saturated heterocycles. The topological polar surface area (TPSA) is 62.3 Å². The number of halogens is 1. The van der Waals surface area contributed by atoms with Crippen molar-refractivity contribution >= 4 is 34.8 Å². The molecule has 5 nitrogen and oxygen atoms in total. The van der Waals surface area contributed by atoms with Crippen molar-refractivity contribution < 1.29 is 9.59 Å². The van der Waals surface area contributed by atoms with Crippen LogP contribution in [0.3, 0.4) is 0 Å². The molecule has 2 aromatic carbocycles. The SMILES string of the molecule is Cc1ccc(CN2CC(C(=O)NCc3nc(-c4ccc(Cl)cc4)c(C)s3)CC2=O)cc1. The maximum absolute atomic E-state index is 12.7. The second-order valence-corrected chi connectivity index (χ2v) is 9.62. The summed E-state index contributed by atoms with van der Waals surface area (Å²) in [4.78, 5) is 32.6. The van der Waals surface area contributed by atoms with Gasteiger partial charge in [-0.1, -0.05) is 53.6 Å². The minimum absolute atomic E-state index is 0.0239. The zero-order chi connectivity index (χ0) is 22.0. The van der Waals surface area contributed by atoms with Crippen LogP contribution in [0.15, 0.2) is 48.5 Å². The molecule has 0 radical (unpaired) electrons. The molecule has 0 bridgehead atoms. The van der Waals surface area contributed by atoms with E-state index in [1.54, 1.807) is 16.2 Å². The molecule has 1 aromatic heterocycles. The van der Waals surface area contributed by atoms with Crippen molar-refractivity contribution in [2.24, 2.45) is 5.92 Å². The zero-order valence-electron chi connectivity index (χ0n) is 17.5. The Balaban J connectivity index is 1.34. The molecular formula is C24H24ClN3O2S.